The molecule has 1 nitrogen and oxygen atoms in total. The maximum Gasteiger partial charge on any atom is 0.446 e. The van der Waals surface area contributed by atoms with E-state index in [-0.39, 0.29) is 28.3 Å². The maximum atomic E-state index is 12.3. The number of thioether (sulfide) groups is 1. The van der Waals surface area contributed by atoms with Crippen molar-refractivity contribution in [2.45, 2.75) is 28.0 Å². The Hall–Kier alpha value is -0.200. The smallest absolute Gasteiger partial charge is 0.298 e. The number of carbonyl (C=O) groups is 1. The highest BCUT2D eigenvalue weighted by Gasteiger charge is 2.30. The minimum Gasteiger partial charge on any atom is -0.298 e. The molecule has 0 spiro atoms. The normalized spacial score (nSPS) is 13.4. The van der Waals surface area contributed by atoms with E-state index in [9.17, 15) is 18.0 Å². The predicted molar refractivity (Wildman–Crippen MR) is 70.3 cm³/mol. The summed E-state index contributed by atoms with van der Waals surface area (Å²) in [5, 5.41) is 0. The zero-order valence-electron chi connectivity index (χ0n) is 9.22. The summed E-state index contributed by atoms with van der Waals surface area (Å²) in [4.78, 5) is 10.7. The Balaban J connectivity index is 3.13. The van der Waals surface area contributed by atoms with Crippen molar-refractivity contribution < 1.29 is 18.0 Å². The maximum absolute atomic E-state index is 12.3. The monoisotopic (exact) mass is 360 g/mol. The molecular formula is C11H9BrClF3OS. The molecule has 0 aliphatic heterocycles. The molecule has 1 aromatic rings. The van der Waals surface area contributed by atoms with Crippen LogP contribution in [0, 0.1) is 0 Å². The van der Waals surface area contributed by atoms with Crippen LogP contribution in [-0.2, 0) is 10.7 Å². The summed E-state index contributed by atoms with van der Waals surface area (Å²) in [5.41, 5.74) is -3.23. The van der Waals surface area contributed by atoms with Gasteiger partial charge < -0.3 is 0 Å². The van der Waals surface area contributed by atoms with E-state index in [1.54, 1.807) is 0 Å². The second-order valence-corrected chi connectivity index (χ2v) is 5.84. The van der Waals surface area contributed by atoms with Crippen molar-refractivity contribution in [1.82, 2.24) is 0 Å². The molecule has 100 valence electrons. The minimum atomic E-state index is -4.35. The van der Waals surface area contributed by atoms with Crippen molar-refractivity contribution in [3.05, 3.63) is 29.3 Å². The summed E-state index contributed by atoms with van der Waals surface area (Å²) in [6.45, 7) is 1.36. The predicted octanol–water partition coefficient (Wildman–Crippen LogP) is 5.06. The number of halogens is 5. The second kappa shape index (κ2) is 6.30. The first-order chi connectivity index (χ1) is 8.24. The van der Waals surface area contributed by atoms with Crippen molar-refractivity contribution in [1.29, 1.82) is 0 Å². The first kappa shape index (κ1) is 15.9. The van der Waals surface area contributed by atoms with Gasteiger partial charge in [-0.1, -0.05) is 22.0 Å². The van der Waals surface area contributed by atoms with Crippen LogP contribution in [0.15, 0.2) is 23.1 Å². The molecule has 0 aromatic heterocycles. The van der Waals surface area contributed by atoms with E-state index in [4.69, 9.17) is 11.6 Å². The molecule has 0 amide bonds. The van der Waals surface area contributed by atoms with E-state index in [2.05, 4.69) is 15.9 Å². The highest BCUT2D eigenvalue weighted by Crippen LogP contribution is 2.39. The lowest BCUT2D eigenvalue weighted by atomic mass is 10.0. The van der Waals surface area contributed by atoms with E-state index in [1.165, 1.54) is 25.1 Å². The minimum absolute atomic E-state index is 0.0390. The van der Waals surface area contributed by atoms with Crippen LogP contribution in [0.3, 0.4) is 0 Å². The molecular weight excluding hydrogens is 353 g/mol. The zero-order valence-corrected chi connectivity index (χ0v) is 12.4. The van der Waals surface area contributed by atoms with Gasteiger partial charge in [0.1, 0.15) is 5.78 Å². The Morgan fingerprint density at radius 2 is 2.11 bits per heavy atom. The van der Waals surface area contributed by atoms with Gasteiger partial charge in [0.25, 0.3) is 0 Å². The van der Waals surface area contributed by atoms with Gasteiger partial charge in [-0.3, -0.25) is 4.79 Å². The molecule has 1 aromatic carbocycles. The van der Waals surface area contributed by atoms with Gasteiger partial charge in [-0.05, 0) is 41.9 Å². The van der Waals surface area contributed by atoms with Crippen LogP contribution in [0.5, 0.6) is 0 Å². The number of carbonyl (C=O) groups excluding carboxylic acids is 1. The van der Waals surface area contributed by atoms with E-state index < -0.39 is 10.3 Å². The van der Waals surface area contributed by atoms with Gasteiger partial charge in [-0.15, -0.1) is 11.6 Å². The average molecular weight is 362 g/mol. The molecule has 1 rings (SSSR count). The summed E-state index contributed by atoms with van der Waals surface area (Å²) in [5.74, 6) is -0.0441. The molecule has 0 bridgehead atoms. The number of hydrogen-bond donors (Lipinski definition) is 0. The van der Waals surface area contributed by atoms with Crippen LogP contribution in [0.4, 0.5) is 13.2 Å². The van der Waals surface area contributed by atoms with Crippen LogP contribution in [0.1, 0.15) is 22.9 Å². The van der Waals surface area contributed by atoms with Crippen molar-refractivity contribution in [2.75, 3.05) is 0 Å². The van der Waals surface area contributed by atoms with Crippen molar-refractivity contribution in [2.24, 2.45) is 0 Å². The third kappa shape index (κ3) is 4.48. The van der Waals surface area contributed by atoms with Crippen molar-refractivity contribution in [3.8, 4) is 0 Å². The molecule has 0 saturated carbocycles. The van der Waals surface area contributed by atoms with Gasteiger partial charge in [-0.25, -0.2) is 0 Å². The van der Waals surface area contributed by atoms with E-state index in [1.807, 2.05) is 0 Å². The number of rotatable bonds is 4. The molecule has 1 unspecified atom stereocenters. The topological polar surface area (TPSA) is 17.1 Å². The molecule has 0 aliphatic carbocycles. The van der Waals surface area contributed by atoms with Gasteiger partial charge in [-0.2, -0.15) is 13.2 Å². The van der Waals surface area contributed by atoms with Crippen molar-refractivity contribution in [3.63, 3.8) is 0 Å². The van der Waals surface area contributed by atoms with Gasteiger partial charge in [0.15, 0.2) is 0 Å². The lowest BCUT2D eigenvalue weighted by molar-refractivity contribution is -0.116. The summed E-state index contributed by atoms with van der Waals surface area (Å²) in [6.07, 6.45) is 0. The number of benzene rings is 1. The summed E-state index contributed by atoms with van der Waals surface area (Å²) < 4.78 is 36.8. The van der Waals surface area contributed by atoms with Gasteiger partial charge in [0.2, 0.25) is 0 Å². The van der Waals surface area contributed by atoms with Crippen LogP contribution in [0.2, 0.25) is 0 Å². The average Bonchev–Trinajstić information content (AvgIpc) is 2.25. The number of Topliss-reactive ketones (excluding diaryl/α,β-unsaturated/α-hetero) is 1. The van der Waals surface area contributed by atoms with Gasteiger partial charge in [0, 0.05) is 10.8 Å². The van der Waals surface area contributed by atoms with E-state index in [0.29, 0.717) is 11.1 Å². The summed E-state index contributed by atoms with van der Waals surface area (Å²) in [7, 11) is 0. The van der Waals surface area contributed by atoms with Crippen LogP contribution in [0.25, 0.3) is 0 Å². The number of alkyl halides is 5. The number of hydrogen-bond acceptors (Lipinski definition) is 2. The molecule has 0 fully saturated rings. The lowest BCUT2D eigenvalue weighted by Crippen LogP contribution is -2.05. The Bertz CT molecular complexity index is 450. The Kier molecular flexibility index (Phi) is 5.55. The van der Waals surface area contributed by atoms with Crippen molar-refractivity contribution >= 4 is 45.1 Å². The fourth-order valence-corrected chi connectivity index (χ4v) is 2.61. The third-order valence-electron chi connectivity index (χ3n) is 2.12. The molecule has 1 atom stereocenters. The molecule has 7 heteroatoms. The van der Waals surface area contributed by atoms with Crippen LogP contribution < -0.4 is 0 Å². The largest absolute Gasteiger partial charge is 0.446 e. The molecule has 0 radical (unpaired) electrons. The Labute approximate surface area is 120 Å². The van der Waals surface area contributed by atoms with Crippen LogP contribution in [-0.4, -0.2) is 11.3 Å². The first-order valence-electron chi connectivity index (χ1n) is 4.83. The first-order valence-corrected chi connectivity index (χ1v) is 7.10. The summed E-state index contributed by atoms with van der Waals surface area (Å²) in [6, 6.07) is 4.20. The van der Waals surface area contributed by atoms with E-state index in [0.717, 1.165) is 0 Å². The molecule has 0 aliphatic rings. The molecule has 0 heterocycles. The van der Waals surface area contributed by atoms with Gasteiger partial charge >= 0.3 is 5.51 Å². The molecule has 0 N–H and O–H groups in total. The number of ketones is 1. The second-order valence-electron chi connectivity index (χ2n) is 3.52. The molecule has 18 heavy (non-hydrogen) atoms. The van der Waals surface area contributed by atoms with E-state index >= 15 is 0 Å². The fraction of sp³-hybridized carbons (Fsp3) is 0.364. The SMILES string of the molecule is CC(=O)C(Br)c1cc(SC(F)(F)F)ccc1CCl. The van der Waals surface area contributed by atoms with Crippen LogP contribution >= 0.6 is 39.3 Å². The highest BCUT2D eigenvalue weighted by molar-refractivity contribution is 9.09. The third-order valence-corrected chi connectivity index (χ3v) is 4.27. The standard InChI is InChI=1S/C11H9BrClF3OS/c1-6(17)10(12)9-4-8(18-11(14,15)16)3-2-7(9)5-13/h2-4,10H,5H2,1H3. The quantitative estimate of drug-likeness (QED) is 0.550. The van der Waals surface area contributed by atoms with Gasteiger partial charge in [0.05, 0.1) is 4.83 Å². The fourth-order valence-electron chi connectivity index (χ4n) is 1.35. The Morgan fingerprint density at radius 1 is 1.50 bits per heavy atom. The zero-order chi connectivity index (χ0) is 13.9. The summed E-state index contributed by atoms with van der Waals surface area (Å²) >= 11 is 8.65. The molecule has 0 saturated heterocycles. The highest BCUT2D eigenvalue weighted by atomic mass is 79.9. The lowest BCUT2D eigenvalue weighted by Gasteiger charge is -2.14. The Morgan fingerprint density at radius 3 is 2.56 bits per heavy atom.